The number of carbonyl (C=O) groups is 1. The van der Waals surface area contributed by atoms with Crippen molar-refractivity contribution < 1.29 is 23.0 Å². The lowest BCUT2D eigenvalue weighted by molar-refractivity contribution is -0.141. The monoisotopic (exact) mass is 287 g/mol. The highest BCUT2D eigenvalue weighted by molar-refractivity contribution is 5.69. The first kappa shape index (κ1) is 16.4. The van der Waals surface area contributed by atoms with Gasteiger partial charge in [-0.2, -0.15) is 0 Å². The van der Waals surface area contributed by atoms with Crippen molar-refractivity contribution in [1.82, 2.24) is 5.32 Å². The summed E-state index contributed by atoms with van der Waals surface area (Å²) < 4.78 is 36.8. The fourth-order valence-electron chi connectivity index (χ4n) is 1.51. The highest BCUT2D eigenvalue weighted by atomic mass is 19.1. The van der Waals surface area contributed by atoms with E-state index in [0.717, 1.165) is 0 Å². The zero-order valence-electron chi connectivity index (χ0n) is 11.8. The van der Waals surface area contributed by atoms with Crippen molar-refractivity contribution >= 4 is 5.97 Å². The van der Waals surface area contributed by atoms with E-state index in [9.17, 15) is 13.6 Å². The zero-order chi connectivity index (χ0) is 15.1. The molecule has 0 saturated heterocycles. The topological polar surface area (TPSA) is 47.6 Å². The van der Waals surface area contributed by atoms with Crippen LogP contribution in [-0.2, 0) is 16.1 Å². The van der Waals surface area contributed by atoms with Gasteiger partial charge in [-0.25, -0.2) is 8.78 Å². The number of halogens is 2. The average Bonchev–Trinajstić information content (AvgIpc) is 2.39. The Bertz CT molecular complexity index is 441. The van der Waals surface area contributed by atoms with Gasteiger partial charge >= 0.3 is 5.97 Å². The Hall–Kier alpha value is -1.69. The van der Waals surface area contributed by atoms with E-state index >= 15 is 0 Å². The fourth-order valence-corrected chi connectivity index (χ4v) is 1.51. The maximum Gasteiger partial charge on any atom is 0.308 e. The second kappa shape index (κ2) is 7.79. The predicted molar refractivity (Wildman–Crippen MR) is 70.5 cm³/mol. The summed E-state index contributed by atoms with van der Waals surface area (Å²) in [4.78, 5) is 10.9. The van der Waals surface area contributed by atoms with Crippen LogP contribution < -0.4 is 10.1 Å². The van der Waals surface area contributed by atoms with Crippen LogP contribution >= 0.6 is 0 Å². The van der Waals surface area contributed by atoms with Crippen LogP contribution in [0.1, 0.15) is 25.8 Å². The molecular weight excluding hydrogens is 268 g/mol. The molecule has 1 aromatic rings. The largest absolute Gasteiger partial charge is 0.487 e. The van der Waals surface area contributed by atoms with Crippen molar-refractivity contribution in [2.24, 2.45) is 0 Å². The van der Waals surface area contributed by atoms with E-state index in [1.807, 2.05) is 13.8 Å². The summed E-state index contributed by atoms with van der Waals surface area (Å²) in [7, 11) is 1.24. The van der Waals surface area contributed by atoms with Gasteiger partial charge in [-0.3, -0.25) is 4.79 Å². The Labute approximate surface area is 117 Å². The van der Waals surface area contributed by atoms with Gasteiger partial charge in [-0.1, -0.05) is 13.8 Å². The van der Waals surface area contributed by atoms with Crippen LogP contribution in [0, 0.1) is 11.6 Å². The minimum atomic E-state index is -0.782. The molecule has 1 rings (SSSR count). The molecule has 0 heterocycles. The van der Waals surface area contributed by atoms with Crippen LogP contribution in [0.15, 0.2) is 12.1 Å². The first-order valence-corrected chi connectivity index (χ1v) is 6.35. The number of esters is 1. The van der Waals surface area contributed by atoms with Crippen LogP contribution in [0.4, 0.5) is 8.78 Å². The van der Waals surface area contributed by atoms with Crippen LogP contribution in [0.3, 0.4) is 0 Å². The van der Waals surface area contributed by atoms with Gasteiger partial charge in [0.25, 0.3) is 0 Å². The third-order valence-corrected chi connectivity index (χ3v) is 2.55. The number of benzene rings is 1. The maximum atomic E-state index is 13.7. The second-order valence-corrected chi connectivity index (χ2v) is 4.60. The van der Waals surface area contributed by atoms with E-state index in [2.05, 4.69) is 10.1 Å². The molecule has 1 aromatic carbocycles. The fraction of sp³-hybridized carbons (Fsp3) is 0.500. The predicted octanol–water partition coefficient (Wildman–Crippen LogP) is 2.40. The number of hydrogen-bond donors (Lipinski definition) is 1. The van der Waals surface area contributed by atoms with Gasteiger partial charge in [0.05, 0.1) is 20.1 Å². The molecule has 0 aliphatic carbocycles. The van der Waals surface area contributed by atoms with Crippen LogP contribution in [-0.4, -0.2) is 25.7 Å². The molecule has 0 unspecified atom stereocenters. The standard InChI is InChI=1S/C14H19F2NO3/c1-9(2)17-8-10-6-11(15)14(12(16)7-10)20-5-4-13(18)19-3/h6-7,9,17H,4-5,8H2,1-3H3. The SMILES string of the molecule is COC(=O)CCOc1c(F)cc(CNC(C)C)cc1F. The summed E-state index contributed by atoms with van der Waals surface area (Å²) in [5.74, 6) is -2.53. The van der Waals surface area contributed by atoms with Crippen molar-refractivity contribution in [2.45, 2.75) is 32.9 Å². The van der Waals surface area contributed by atoms with Crippen LogP contribution in [0.2, 0.25) is 0 Å². The molecule has 0 saturated carbocycles. The number of ether oxygens (including phenoxy) is 2. The molecule has 1 N–H and O–H groups in total. The molecule has 20 heavy (non-hydrogen) atoms. The summed E-state index contributed by atoms with van der Waals surface area (Å²) in [6, 6.07) is 2.65. The molecule has 4 nitrogen and oxygen atoms in total. The van der Waals surface area contributed by atoms with Gasteiger partial charge in [0, 0.05) is 12.6 Å². The zero-order valence-corrected chi connectivity index (χ0v) is 11.8. The van der Waals surface area contributed by atoms with Crippen molar-refractivity contribution in [3.8, 4) is 5.75 Å². The molecule has 0 aromatic heterocycles. The summed E-state index contributed by atoms with van der Waals surface area (Å²) in [6.07, 6.45) is -0.0635. The van der Waals surface area contributed by atoms with E-state index in [0.29, 0.717) is 12.1 Å². The van der Waals surface area contributed by atoms with Crippen LogP contribution in [0.25, 0.3) is 0 Å². The molecule has 0 amide bonds. The lowest BCUT2D eigenvalue weighted by Crippen LogP contribution is -2.22. The average molecular weight is 287 g/mol. The molecule has 0 spiro atoms. The Morgan fingerprint density at radius 2 is 1.90 bits per heavy atom. The van der Waals surface area contributed by atoms with Crippen molar-refractivity contribution in [2.75, 3.05) is 13.7 Å². The van der Waals surface area contributed by atoms with Gasteiger partial charge in [0.1, 0.15) is 0 Å². The van der Waals surface area contributed by atoms with Gasteiger partial charge < -0.3 is 14.8 Å². The Morgan fingerprint density at radius 1 is 1.30 bits per heavy atom. The first-order chi connectivity index (χ1) is 9.43. The van der Waals surface area contributed by atoms with Crippen LogP contribution in [0.5, 0.6) is 5.75 Å². The summed E-state index contributed by atoms with van der Waals surface area (Å²) >= 11 is 0. The van der Waals surface area contributed by atoms with Crippen molar-refractivity contribution in [3.63, 3.8) is 0 Å². The first-order valence-electron chi connectivity index (χ1n) is 6.35. The van der Waals surface area contributed by atoms with E-state index in [-0.39, 0.29) is 19.1 Å². The van der Waals surface area contributed by atoms with Crippen molar-refractivity contribution in [3.05, 3.63) is 29.3 Å². The normalized spacial score (nSPS) is 10.7. The third-order valence-electron chi connectivity index (χ3n) is 2.55. The second-order valence-electron chi connectivity index (χ2n) is 4.60. The lowest BCUT2D eigenvalue weighted by Gasteiger charge is -2.11. The minimum Gasteiger partial charge on any atom is -0.487 e. The highest BCUT2D eigenvalue weighted by Crippen LogP contribution is 2.23. The van der Waals surface area contributed by atoms with E-state index < -0.39 is 23.4 Å². The molecule has 0 bridgehead atoms. The molecule has 0 aliphatic rings. The van der Waals surface area contributed by atoms with Gasteiger partial charge in [0.2, 0.25) is 0 Å². The van der Waals surface area contributed by atoms with Gasteiger partial charge in [-0.05, 0) is 17.7 Å². The third kappa shape index (κ3) is 5.13. The highest BCUT2D eigenvalue weighted by Gasteiger charge is 2.13. The molecule has 0 radical (unpaired) electrons. The van der Waals surface area contributed by atoms with Crippen molar-refractivity contribution in [1.29, 1.82) is 0 Å². The van der Waals surface area contributed by atoms with E-state index in [1.54, 1.807) is 0 Å². The number of nitrogens with one attached hydrogen (secondary N) is 1. The van der Waals surface area contributed by atoms with E-state index in [4.69, 9.17) is 4.74 Å². The summed E-state index contributed by atoms with van der Waals surface area (Å²) in [6.45, 7) is 4.12. The smallest absolute Gasteiger partial charge is 0.308 e. The van der Waals surface area contributed by atoms with E-state index in [1.165, 1.54) is 19.2 Å². The Kier molecular flexibility index (Phi) is 6.38. The molecule has 0 aliphatic heterocycles. The molecule has 6 heteroatoms. The lowest BCUT2D eigenvalue weighted by atomic mass is 10.2. The number of methoxy groups -OCH3 is 1. The summed E-state index contributed by atoms with van der Waals surface area (Å²) in [5.41, 5.74) is 0.494. The number of carbonyl (C=O) groups excluding carboxylic acids is 1. The maximum absolute atomic E-state index is 13.7. The van der Waals surface area contributed by atoms with Gasteiger partial charge in [-0.15, -0.1) is 0 Å². The Balaban J connectivity index is 2.66. The van der Waals surface area contributed by atoms with Gasteiger partial charge in [0.15, 0.2) is 17.4 Å². The molecular formula is C14H19F2NO3. The molecule has 112 valence electrons. The summed E-state index contributed by atoms with van der Waals surface area (Å²) in [5, 5.41) is 3.07. The molecule has 0 atom stereocenters. The number of rotatable bonds is 7. The quantitative estimate of drug-likeness (QED) is 0.782. The minimum absolute atomic E-state index is 0.0635. The number of hydrogen-bond acceptors (Lipinski definition) is 4. The molecule has 0 fully saturated rings. The Morgan fingerprint density at radius 3 is 2.40 bits per heavy atom.